The summed E-state index contributed by atoms with van der Waals surface area (Å²) in [5.41, 5.74) is 0. The van der Waals surface area contributed by atoms with Crippen LogP contribution < -0.4 is 5.32 Å². The molecule has 1 nitrogen and oxygen atoms in total. The average Bonchev–Trinajstić information content (AvgIpc) is 2.61. The SMILES string of the molecule is CCc1ccc(CNC2CCCCCC2)s1. The van der Waals surface area contributed by atoms with Crippen molar-refractivity contribution in [3.63, 3.8) is 0 Å². The monoisotopic (exact) mass is 237 g/mol. The van der Waals surface area contributed by atoms with Crippen molar-refractivity contribution in [3.8, 4) is 0 Å². The molecule has 0 saturated heterocycles. The summed E-state index contributed by atoms with van der Waals surface area (Å²) in [6.45, 7) is 3.31. The van der Waals surface area contributed by atoms with Crippen molar-refractivity contribution in [2.45, 2.75) is 64.5 Å². The molecule has 1 N–H and O–H groups in total. The molecule has 0 spiro atoms. The third kappa shape index (κ3) is 3.60. The van der Waals surface area contributed by atoms with E-state index in [2.05, 4.69) is 24.4 Å². The lowest BCUT2D eigenvalue weighted by Crippen LogP contribution is -2.27. The van der Waals surface area contributed by atoms with Gasteiger partial charge in [0, 0.05) is 22.3 Å². The fraction of sp³-hybridized carbons (Fsp3) is 0.714. The Balaban J connectivity index is 1.77. The smallest absolute Gasteiger partial charge is 0.0302 e. The van der Waals surface area contributed by atoms with Crippen molar-refractivity contribution >= 4 is 11.3 Å². The number of aryl methyl sites for hydroxylation is 1. The van der Waals surface area contributed by atoms with Gasteiger partial charge in [0.15, 0.2) is 0 Å². The van der Waals surface area contributed by atoms with Gasteiger partial charge in [0.1, 0.15) is 0 Å². The second-order valence-corrected chi connectivity index (χ2v) is 6.04. The van der Waals surface area contributed by atoms with Crippen LogP contribution >= 0.6 is 11.3 Å². The molecule has 1 aliphatic rings. The van der Waals surface area contributed by atoms with Gasteiger partial charge < -0.3 is 5.32 Å². The Morgan fingerprint density at radius 3 is 2.44 bits per heavy atom. The van der Waals surface area contributed by atoms with E-state index in [1.807, 2.05) is 11.3 Å². The third-order valence-corrected chi connectivity index (χ3v) is 4.72. The highest BCUT2D eigenvalue weighted by Crippen LogP contribution is 2.20. The molecule has 0 amide bonds. The molecule has 1 aromatic heterocycles. The van der Waals surface area contributed by atoms with Crippen LogP contribution in [-0.2, 0) is 13.0 Å². The van der Waals surface area contributed by atoms with Crippen LogP contribution in [0.15, 0.2) is 12.1 Å². The number of thiophene rings is 1. The van der Waals surface area contributed by atoms with Crippen LogP contribution in [0.2, 0.25) is 0 Å². The zero-order chi connectivity index (χ0) is 11.2. The van der Waals surface area contributed by atoms with Crippen molar-refractivity contribution in [2.75, 3.05) is 0 Å². The van der Waals surface area contributed by atoms with E-state index >= 15 is 0 Å². The van der Waals surface area contributed by atoms with Gasteiger partial charge in [-0.15, -0.1) is 11.3 Å². The fourth-order valence-electron chi connectivity index (χ4n) is 2.44. The van der Waals surface area contributed by atoms with E-state index in [9.17, 15) is 0 Å². The normalized spacial score (nSPS) is 18.6. The molecule has 0 radical (unpaired) electrons. The Morgan fingerprint density at radius 1 is 1.12 bits per heavy atom. The van der Waals surface area contributed by atoms with Gasteiger partial charge in [0.25, 0.3) is 0 Å². The van der Waals surface area contributed by atoms with Gasteiger partial charge in [-0.2, -0.15) is 0 Å². The summed E-state index contributed by atoms with van der Waals surface area (Å²) in [4.78, 5) is 3.01. The number of hydrogen-bond donors (Lipinski definition) is 1. The molecule has 1 fully saturated rings. The second kappa shape index (κ2) is 6.41. The first kappa shape index (κ1) is 12.1. The van der Waals surface area contributed by atoms with E-state index in [1.54, 1.807) is 0 Å². The molecule has 0 aromatic carbocycles. The maximum atomic E-state index is 3.73. The Hall–Kier alpha value is -0.340. The van der Waals surface area contributed by atoms with Crippen LogP contribution in [-0.4, -0.2) is 6.04 Å². The molecule has 0 bridgehead atoms. The summed E-state index contributed by atoms with van der Waals surface area (Å²) in [5, 5.41) is 3.73. The number of hydrogen-bond acceptors (Lipinski definition) is 2. The first-order valence-corrected chi connectivity index (χ1v) is 7.51. The minimum Gasteiger partial charge on any atom is -0.309 e. The molecular weight excluding hydrogens is 214 g/mol. The predicted molar refractivity (Wildman–Crippen MR) is 72.0 cm³/mol. The van der Waals surface area contributed by atoms with E-state index in [-0.39, 0.29) is 0 Å². The highest BCUT2D eigenvalue weighted by atomic mass is 32.1. The van der Waals surface area contributed by atoms with Crippen LogP contribution in [0.5, 0.6) is 0 Å². The molecule has 2 heteroatoms. The molecule has 0 aliphatic heterocycles. The Morgan fingerprint density at radius 2 is 1.81 bits per heavy atom. The zero-order valence-electron chi connectivity index (χ0n) is 10.3. The van der Waals surface area contributed by atoms with Gasteiger partial charge in [0.05, 0.1) is 0 Å². The van der Waals surface area contributed by atoms with E-state index in [0.717, 1.165) is 12.6 Å². The molecule has 0 atom stereocenters. The minimum atomic E-state index is 0.773. The van der Waals surface area contributed by atoms with E-state index in [4.69, 9.17) is 0 Å². The standard InChI is InChI=1S/C14H23NS/c1-2-13-9-10-14(16-13)11-15-12-7-5-3-4-6-8-12/h9-10,12,15H,2-8,11H2,1H3. The summed E-state index contributed by atoms with van der Waals surface area (Å²) in [7, 11) is 0. The van der Waals surface area contributed by atoms with Gasteiger partial charge in [-0.05, 0) is 31.4 Å². The first-order chi connectivity index (χ1) is 7.88. The summed E-state index contributed by atoms with van der Waals surface area (Å²) in [6, 6.07) is 5.33. The first-order valence-electron chi connectivity index (χ1n) is 6.69. The topological polar surface area (TPSA) is 12.0 Å². The molecule has 1 aromatic rings. The van der Waals surface area contributed by atoms with Gasteiger partial charge in [-0.3, -0.25) is 0 Å². The van der Waals surface area contributed by atoms with Crippen molar-refractivity contribution < 1.29 is 0 Å². The lowest BCUT2D eigenvalue weighted by Gasteiger charge is -2.15. The van der Waals surface area contributed by atoms with Gasteiger partial charge in [-0.25, -0.2) is 0 Å². The van der Waals surface area contributed by atoms with Crippen molar-refractivity contribution in [2.24, 2.45) is 0 Å². The average molecular weight is 237 g/mol. The highest BCUT2D eigenvalue weighted by Gasteiger charge is 2.11. The Kier molecular flexibility index (Phi) is 4.86. The summed E-state index contributed by atoms with van der Waals surface area (Å²) < 4.78 is 0. The van der Waals surface area contributed by atoms with Crippen molar-refractivity contribution in [1.29, 1.82) is 0 Å². The van der Waals surface area contributed by atoms with Gasteiger partial charge >= 0.3 is 0 Å². The van der Waals surface area contributed by atoms with Gasteiger partial charge in [-0.1, -0.05) is 32.6 Å². The van der Waals surface area contributed by atoms with Crippen LogP contribution in [0.25, 0.3) is 0 Å². The highest BCUT2D eigenvalue weighted by molar-refractivity contribution is 7.11. The molecule has 1 aliphatic carbocycles. The maximum absolute atomic E-state index is 3.73. The Bertz CT molecular complexity index is 297. The molecule has 1 saturated carbocycles. The lowest BCUT2D eigenvalue weighted by atomic mass is 10.1. The minimum absolute atomic E-state index is 0.773. The molecule has 90 valence electrons. The number of nitrogens with one attached hydrogen (secondary N) is 1. The fourth-order valence-corrected chi connectivity index (χ4v) is 3.34. The van der Waals surface area contributed by atoms with E-state index in [1.165, 1.54) is 54.7 Å². The zero-order valence-corrected chi connectivity index (χ0v) is 11.1. The van der Waals surface area contributed by atoms with Crippen LogP contribution in [0.4, 0.5) is 0 Å². The quantitative estimate of drug-likeness (QED) is 0.777. The van der Waals surface area contributed by atoms with Crippen molar-refractivity contribution in [3.05, 3.63) is 21.9 Å². The van der Waals surface area contributed by atoms with Crippen LogP contribution in [0.3, 0.4) is 0 Å². The third-order valence-electron chi connectivity index (χ3n) is 3.49. The molecule has 16 heavy (non-hydrogen) atoms. The molecular formula is C14H23NS. The van der Waals surface area contributed by atoms with E-state index < -0.39 is 0 Å². The number of rotatable bonds is 4. The molecule has 1 heterocycles. The van der Waals surface area contributed by atoms with Crippen LogP contribution in [0, 0.1) is 0 Å². The van der Waals surface area contributed by atoms with Crippen LogP contribution in [0.1, 0.15) is 55.2 Å². The molecule has 0 unspecified atom stereocenters. The molecule has 2 rings (SSSR count). The van der Waals surface area contributed by atoms with Gasteiger partial charge in [0.2, 0.25) is 0 Å². The maximum Gasteiger partial charge on any atom is 0.0302 e. The second-order valence-electron chi connectivity index (χ2n) is 4.79. The predicted octanol–water partition coefficient (Wildman–Crippen LogP) is 4.12. The summed E-state index contributed by atoms with van der Waals surface area (Å²) in [5.74, 6) is 0. The Labute approximate surface area is 103 Å². The largest absolute Gasteiger partial charge is 0.309 e. The lowest BCUT2D eigenvalue weighted by molar-refractivity contribution is 0.461. The van der Waals surface area contributed by atoms with E-state index in [0.29, 0.717) is 0 Å². The van der Waals surface area contributed by atoms with Crippen molar-refractivity contribution in [1.82, 2.24) is 5.32 Å². The summed E-state index contributed by atoms with van der Waals surface area (Å²) in [6.07, 6.45) is 9.66. The summed E-state index contributed by atoms with van der Waals surface area (Å²) >= 11 is 1.96.